The molecular weight excluding hydrogens is 583 g/mol. The van der Waals surface area contributed by atoms with E-state index in [1.54, 1.807) is 44.2 Å². The number of amides is 1. The predicted molar refractivity (Wildman–Crippen MR) is 149 cm³/mol. The van der Waals surface area contributed by atoms with Crippen LogP contribution in [0.2, 0.25) is 5.02 Å². The molecule has 0 aliphatic carbocycles. The van der Waals surface area contributed by atoms with Crippen molar-refractivity contribution >= 4 is 38.9 Å². The molecule has 2 heterocycles. The zero-order valence-electron chi connectivity index (χ0n) is 22.9. The molecule has 0 spiro atoms. The molecule has 41 heavy (non-hydrogen) atoms. The number of sulfone groups is 1. The number of carbonyl (C=O) groups is 1. The first kappa shape index (κ1) is 30.5. The SMILES string of the molecule is COc1cc2c(cc1-c1ncc(Cl)c(Nc3ccccc3S(=O)(=O)C(C)C)n1)CC(N)N(C(=O)C(F)(F)F)C2(C)C. The van der Waals surface area contributed by atoms with Gasteiger partial charge in [-0.25, -0.2) is 18.4 Å². The van der Waals surface area contributed by atoms with Gasteiger partial charge < -0.3 is 20.7 Å². The third-order valence-corrected chi connectivity index (χ3v) is 9.45. The van der Waals surface area contributed by atoms with Gasteiger partial charge in [0.15, 0.2) is 21.5 Å². The van der Waals surface area contributed by atoms with Crippen molar-refractivity contribution in [2.24, 2.45) is 5.73 Å². The molecule has 1 aliphatic heterocycles. The number of anilines is 2. The highest BCUT2D eigenvalue weighted by molar-refractivity contribution is 7.92. The zero-order chi connectivity index (χ0) is 30.5. The number of nitrogens with zero attached hydrogens (tertiary/aromatic N) is 3. The Morgan fingerprint density at radius 2 is 1.90 bits per heavy atom. The average Bonchev–Trinajstić information content (AvgIpc) is 2.88. The van der Waals surface area contributed by atoms with Gasteiger partial charge >= 0.3 is 12.1 Å². The van der Waals surface area contributed by atoms with Crippen LogP contribution in [0.15, 0.2) is 47.5 Å². The maximum Gasteiger partial charge on any atom is 0.471 e. The van der Waals surface area contributed by atoms with Crippen LogP contribution in [0.1, 0.15) is 38.8 Å². The van der Waals surface area contributed by atoms with Gasteiger partial charge in [-0.05, 0) is 63.1 Å². The van der Waals surface area contributed by atoms with E-state index in [2.05, 4.69) is 15.3 Å². The summed E-state index contributed by atoms with van der Waals surface area (Å²) < 4.78 is 71.5. The lowest BCUT2D eigenvalue weighted by molar-refractivity contribution is -0.195. The van der Waals surface area contributed by atoms with E-state index in [1.165, 1.54) is 33.2 Å². The Kier molecular flexibility index (Phi) is 8.02. The van der Waals surface area contributed by atoms with Crippen molar-refractivity contribution in [2.45, 2.75) is 62.1 Å². The van der Waals surface area contributed by atoms with Crippen LogP contribution in [0.4, 0.5) is 24.7 Å². The van der Waals surface area contributed by atoms with Crippen LogP contribution >= 0.6 is 11.6 Å². The Balaban J connectivity index is 1.80. The second-order valence-corrected chi connectivity index (χ2v) is 13.2. The molecule has 220 valence electrons. The Labute approximate surface area is 240 Å². The average molecular weight is 612 g/mol. The molecule has 1 unspecified atom stereocenters. The molecule has 0 saturated carbocycles. The number of rotatable bonds is 6. The molecule has 1 amide bonds. The highest BCUT2D eigenvalue weighted by Gasteiger charge is 2.51. The summed E-state index contributed by atoms with van der Waals surface area (Å²) in [7, 11) is -2.26. The van der Waals surface area contributed by atoms with Crippen molar-refractivity contribution in [3.05, 3.63) is 58.7 Å². The van der Waals surface area contributed by atoms with E-state index in [9.17, 15) is 26.4 Å². The number of carbonyl (C=O) groups excluding carboxylic acids is 1. The number of nitrogens with one attached hydrogen (secondary N) is 1. The quantitative estimate of drug-likeness (QED) is 0.389. The topological polar surface area (TPSA) is 128 Å². The molecule has 1 aromatic heterocycles. The van der Waals surface area contributed by atoms with Gasteiger partial charge in [-0.3, -0.25) is 4.79 Å². The van der Waals surface area contributed by atoms with E-state index in [1.807, 2.05) is 0 Å². The standard InChI is InChI=1S/C27H29ClF3N5O4S/c1-14(2)41(38,39)21-9-7-6-8-19(21)34-24-18(28)13-33-23(35-24)16-10-15-11-22(32)36(25(37)27(29,30)31)26(3,4)17(15)12-20(16)40-5/h6-10,12-14,22H,11,32H2,1-5H3,(H,33,34,35). The summed E-state index contributed by atoms with van der Waals surface area (Å²) in [6, 6.07) is 9.56. The molecule has 0 saturated heterocycles. The maximum atomic E-state index is 13.4. The second kappa shape index (κ2) is 10.8. The van der Waals surface area contributed by atoms with Crippen LogP contribution < -0.4 is 15.8 Å². The Bertz CT molecular complexity index is 1610. The fourth-order valence-electron chi connectivity index (χ4n) is 4.89. The summed E-state index contributed by atoms with van der Waals surface area (Å²) in [4.78, 5) is 21.8. The van der Waals surface area contributed by atoms with Crippen LogP contribution in [0.5, 0.6) is 5.75 Å². The van der Waals surface area contributed by atoms with Crippen molar-refractivity contribution in [3.63, 3.8) is 0 Å². The molecule has 0 bridgehead atoms. The van der Waals surface area contributed by atoms with Crippen LogP contribution in [0.25, 0.3) is 11.4 Å². The number of fused-ring (bicyclic) bond motifs is 1. The van der Waals surface area contributed by atoms with E-state index >= 15 is 0 Å². The second-order valence-electron chi connectivity index (χ2n) is 10.3. The first-order valence-corrected chi connectivity index (χ1v) is 14.4. The van der Waals surface area contributed by atoms with E-state index in [-0.39, 0.29) is 39.4 Å². The molecule has 0 radical (unpaired) electrons. The van der Waals surface area contributed by atoms with Gasteiger partial charge in [0.1, 0.15) is 10.8 Å². The van der Waals surface area contributed by atoms with Crippen molar-refractivity contribution < 1.29 is 31.1 Å². The number of hydrogen-bond acceptors (Lipinski definition) is 8. The number of halogens is 4. The molecule has 0 fully saturated rings. The molecule has 3 N–H and O–H groups in total. The lowest BCUT2D eigenvalue weighted by Gasteiger charge is -2.47. The molecule has 1 aliphatic rings. The molecule has 9 nitrogen and oxygen atoms in total. The van der Waals surface area contributed by atoms with Crippen molar-refractivity contribution in [1.29, 1.82) is 0 Å². The summed E-state index contributed by atoms with van der Waals surface area (Å²) in [5.74, 6) is -1.51. The van der Waals surface area contributed by atoms with Gasteiger partial charge in [-0.1, -0.05) is 23.7 Å². The largest absolute Gasteiger partial charge is 0.496 e. The first-order valence-electron chi connectivity index (χ1n) is 12.5. The monoisotopic (exact) mass is 611 g/mol. The minimum absolute atomic E-state index is 0.0588. The highest BCUT2D eigenvalue weighted by atomic mass is 35.5. The molecular formula is C27H29ClF3N5O4S. The molecule has 14 heteroatoms. The fraction of sp³-hybridized carbons (Fsp3) is 0.370. The number of benzene rings is 2. The van der Waals surface area contributed by atoms with Crippen LogP contribution in [0.3, 0.4) is 0 Å². The maximum absolute atomic E-state index is 13.4. The minimum Gasteiger partial charge on any atom is -0.496 e. The summed E-state index contributed by atoms with van der Waals surface area (Å²) in [5.41, 5.74) is 6.36. The number of hydrogen-bond donors (Lipinski definition) is 2. The third kappa shape index (κ3) is 5.57. The fourth-order valence-corrected chi connectivity index (χ4v) is 6.23. The lowest BCUT2D eigenvalue weighted by atomic mass is 9.80. The van der Waals surface area contributed by atoms with Gasteiger partial charge in [-0.15, -0.1) is 0 Å². The molecule has 2 aromatic carbocycles. The van der Waals surface area contributed by atoms with Gasteiger partial charge in [0.2, 0.25) is 0 Å². The van der Waals surface area contributed by atoms with E-state index < -0.39 is 38.9 Å². The van der Waals surface area contributed by atoms with Crippen molar-refractivity contribution in [1.82, 2.24) is 14.9 Å². The Morgan fingerprint density at radius 3 is 2.51 bits per heavy atom. The van der Waals surface area contributed by atoms with Crippen LogP contribution in [-0.4, -0.2) is 53.9 Å². The van der Waals surface area contributed by atoms with Gasteiger partial charge in [-0.2, -0.15) is 13.2 Å². The highest BCUT2D eigenvalue weighted by Crippen LogP contribution is 2.44. The number of para-hydroxylation sites is 1. The van der Waals surface area contributed by atoms with Crippen molar-refractivity contribution in [3.8, 4) is 17.1 Å². The number of aromatic nitrogens is 2. The molecule has 3 aromatic rings. The van der Waals surface area contributed by atoms with E-state index in [0.717, 1.165) is 0 Å². The van der Waals surface area contributed by atoms with Crippen molar-refractivity contribution in [2.75, 3.05) is 12.4 Å². The first-order chi connectivity index (χ1) is 19.0. The van der Waals surface area contributed by atoms with Crippen LogP contribution in [0, 0.1) is 0 Å². The smallest absolute Gasteiger partial charge is 0.471 e. The number of alkyl halides is 3. The predicted octanol–water partition coefficient (Wildman–Crippen LogP) is 5.20. The van der Waals surface area contributed by atoms with Gasteiger partial charge in [0, 0.05) is 6.42 Å². The van der Waals surface area contributed by atoms with Gasteiger partial charge in [0.05, 0.1) is 46.4 Å². The summed E-state index contributed by atoms with van der Waals surface area (Å²) >= 11 is 6.38. The van der Waals surface area contributed by atoms with E-state index in [0.29, 0.717) is 21.6 Å². The summed E-state index contributed by atoms with van der Waals surface area (Å²) in [6.07, 6.45) is -5.05. The Hall–Kier alpha value is -3.42. The van der Waals surface area contributed by atoms with Gasteiger partial charge in [0.25, 0.3) is 0 Å². The van der Waals surface area contributed by atoms with Crippen LogP contribution in [-0.2, 0) is 26.6 Å². The zero-order valence-corrected chi connectivity index (χ0v) is 24.4. The summed E-state index contributed by atoms with van der Waals surface area (Å²) in [5, 5.41) is 2.44. The third-order valence-electron chi connectivity index (χ3n) is 6.96. The number of ether oxygens (including phenoxy) is 1. The minimum atomic E-state index is -5.09. The van der Waals surface area contributed by atoms with E-state index in [4.69, 9.17) is 22.1 Å². The molecule has 1 atom stereocenters. The molecule has 4 rings (SSSR count). The Morgan fingerprint density at radius 1 is 1.24 bits per heavy atom. The number of nitrogens with two attached hydrogens (primary N) is 1. The normalized spacial score (nSPS) is 16.9. The number of methoxy groups -OCH3 is 1. The summed E-state index contributed by atoms with van der Waals surface area (Å²) in [6.45, 7) is 6.12. The lowest BCUT2D eigenvalue weighted by Crippen LogP contribution is -2.61.